The molecule has 1 fully saturated rings. The highest BCUT2D eigenvalue weighted by molar-refractivity contribution is 7.91. The van der Waals surface area contributed by atoms with Crippen LogP contribution in [0.4, 0.5) is 0 Å². The van der Waals surface area contributed by atoms with Gasteiger partial charge < -0.3 is 14.4 Å². The Kier molecular flexibility index (Phi) is 6.57. The van der Waals surface area contributed by atoms with E-state index >= 15 is 0 Å². The van der Waals surface area contributed by atoms with Crippen molar-refractivity contribution in [3.8, 4) is 5.88 Å². The molecule has 0 spiro atoms. The normalized spacial score (nSPS) is 18.5. The molecule has 0 radical (unpaired) electrons. The minimum atomic E-state index is -3.12. The molecule has 0 N–H and O–H groups in total. The summed E-state index contributed by atoms with van der Waals surface area (Å²) in [6.45, 7) is 3.83. The molecule has 0 aromatic carbocycles. The summed E-state index contributed by atoms with van der Waals surface area (Å²) in [6.07, 6.45) is 1.89. The number of esters is 1. The van der Waals surface area contributed by atoms with Crippen LogP contribution in [-0.2, 0) is 19.4 Å². The highest BCUT2D eigenvalue weighted by Gasteiger charge is 2.35. The zero-order valence-electron chi connectivity index (χ0n) is 15.2. The number of aromatic nitrogens is 1. The van der Waals surface area contributed by atoms with Crippen LogP contribution < -0.4 is 4.74 Å². The van der Waals surface area contributed by atoms with E-state index in [0.29, 0.717) is 13.0 Å². The van der Waals surface area contributed by atoms with E-state index in [2.05, 4.69) is 4.98 Å². The van der Waals surface area contributed by atoms with Crippen LogP contribution in [0.5, 0.6) is 5.88 Å². The number of nitrogens with zero attached hydrogens (tertiary/aromatic N) is 2. The maximum absolute atomic E-state index is 12.6. The van der Waals surface area contributed by atoms with Gasteiger partial charge in [-0.25, -0.2) is 18.2 Å². The maximum atomic E-state index is 12.6. The van der Waals surface area contributed by atoms with Gasteiger partial charge in [-0.3, -0.25) is 4.79 Å². The quantitative estimate of drug-likeness (QED) is 0.644. The Balaban J connectivity index is 2.04. The zero-order chi connectivity index (χ0) is 19.3. The third kappa shape index (κ3) is 5.17. The van der Waals surface area contributed by atoms with Crippen LogP contribution in [0.15, 0.2) is 18.3 Å². The highest BCUT2D eigenvalue weighted by atomic mass is 32.2. The molecule has 1 aromatic heterocycles. The van der Waals surface area contributed by atoms with Crippen LogP contribution in [0.3, 0.4) is 0 Å². The Bertz CT molecular complexity index is 762. The van der Waals surface area contributed by atoms with Crippen molar-refractivity contribution in [3.05, 3.63) is 23.9 Å². The van der Waals surface area contributed by atoms with Crippen molar-refractivity contribution in [2.75, 3.05) is 31.8 Å². The second-order valence-electron chi connectivity index (χ2n) is 6.63. The fourth-order valence-corrected chi connectivity index (χ4v) is 4.60. The lowest BCUT2D eigenvalue weighted by Crippen LogP contribution is -2.45. The van der Waals surface area contributed by atoms with E-state index < -0.39 is 28.3 Å². The Morgan fingerprint density at radius 3 is 2.69 bits per heavy atom. The molecule has 1 saturated heterocycles. The van der Waals surface area contributed by atoms with Gasteiger partial charge in [-0.05, 0) is 24.5 Å². The van der Waals surface area contributed by atoms with Gasteiger partial charge in [0.1, 0.15) is 5.56 Å². The number of ether oxygens (including phenoxy) is 2. The molecule has 1 aliphatic rings. The number of rotatable bonds is 7. The predicted molar refractivity (Wildman–Crippen MR) is 94.7 cm³/mol. The van der Waals surface area contributed by atoms with Gasteiger partial charge in [0.05, 0.1) is 18.6 Å². The van der Waals surface area contributed by atoms with E-state index in [1.165, 1.54) is 24.3 Å². The van der Waals surface area contributed by atoms with Gasteiger partial charge in [0.2, 0.25) is 5.88 Å². The Labute approximate surface area is 153 Å². The third-order valence-corrected chi connectivity index (χ3v) is 5.79. The molecule has 26 heavy (non-hydrogen) atoms. The van der Waals surface area contributed by atoms with Gasteiger partial charge in [0.25, 0.3) is 5.91 Å². The fraction of sp³-hybridized carbons (Fsp3) is 0.588. The molecule has 1 aromatic rings. The molecule has 144 valence electrons. The van der Waals surface area contributed by atoms with Crippen molar-refractivity contribution in [2.45, 2.75) is 26.3 Å². The van der Waals surface area contributed by atoms with Gasteiger partial charge in [-0.1, -0.05) is 13.8 Å². The van der Waals surface area contributed by atoms with Crippen LogP contribution in [-0.4, -0.2) is 68.0 Å². The highest BCUT2D eigenvalue weighted by Crippen LogP contribution is 2.20. The average Bonchev–Trinajstić information content (AvgIpc) is 2.96. The standard InChI is InChI=1S/C17H24N2O6S/c1-12(2)9-19(13-6-8-26(22,23)11-13)15(20)10-25-17(21)14-5-4-7-18-16(14)24-3/h4-5,7,12-13H,6,8-11H2,1-3H3. The number of methoxy groups -OCH3 is 1. The summed E-state index contributed by atoms with van der Waals surface area (Å²) in [4.78, 5) is 30.2. The van der Waals surface area contributed by atoms with Crippen LogP contribution in [0.25, 0.3) is 0 Å². The molecule has 2 rings (SSSR count). The molecule has 1 aliphatic heterocycles. The van der Waals surface area contributed by atoms with Crippen molar-refractivity contribution in [3.63, 3.8) is 0 Å². The zero-order valence-corrected chi connectivity index (χ0v) is 16.0. The molecular formula is C17H24N2O6S. The van der Waals surface area contributed by atoms with Gasteiger partial charge in [0, 0.05) is 18.8 Å². The summed E-state index contributed by atoms with van der Waals surface area (Å²) < 4.78 is 33.6. The van der Waals surface area contributed by atoms with Gasteiger partial charge in [-0.15, -0.1) is 0 Å². The molecule has 0 aliphatic carbocycles. The van der Waals surface area contributed by atoms with E-state index in [1.54, 1.807) is 6.07 Å². The Morgan fingerprint density at radius 1 is 1.38 bits per heavy atom. The molecule has 0 bridgehead atoms. The second-order valence-corrected chi connectivity index (χ2v) is 8.86. The minimum Gasteiger partial charge on any atom is -0.480 e. The molecule has 1 unspecified atom stereocenters. The molecule has 1 amide bonds. The topological polar surface area (TPSA) is 103 Å². The third-order valence-electron chi connectivity index (χ3n) is 4.04. The lowest BCUT2D eigenvalue weighted by Gasteiger charge is -2.29. The monoisotopic (exact) mass is 384 g/mol. The van der Waals surface area contributed by atoms with E-state index in [-0.39, 0.29) is 34.9 Å². The summed E-state index contributed by atoms with van der Waals surface area (Å²) >= 11 is 0. The summed E-state index contributed by atoms with van der Waals surface area (Å²) in [7, 11) is -1.74. The van der Waals surface area contributed by atoms with Crippen molar-refractivity contribution < 1.29 is 27.5 Å². The van der Waals surface area contributed by atoms with Crippen molar-refractivity contribution in [1.82, 2.24) is 9.88 Å². The van der Waals surface area contributed by atoms with Crippen LogP contribution in [0.1, 0.15) is 30.6 Å². The first kappa shape index (κ1) is 20.2. The predicted octanol–water partition coefficient (Wildman–Crippen LogP) is 0.919. The molecular weight excluding hydrogens is 360 g/mol. The second kappa shape index (κ2) is 8.48. The van der Waals surface area contributed by atoms with Crippen LogP contribution in [0.2, 0.25) is 0 Å². The number of pyridine rings is 1. The van der Waals surface area contributed by atoms with Gasteiger partial charge in [-0.2, -0.15) is 0 Å². The average molecular weight is 384 g/mol. The molecule has 9 heteroatoms. The van der Waals surface area contributed by atoms with Gasteiger partial charge in [0.15, 0.2) is 16.4 Å². The summed E-state index contributed by atoms with van der Waals surface area (Å²) in [5, 5.41) is 0. The van der Waals surface area contributed by atoms with Crippen LogP contribution >= 0.6 is 0 Å². The summed E-state index contributed by atoms with van der Waals surface area (Å²) in [5.74, 6) is -0.812. The fourth-order valence-electron chi connectivity index (χ4n) is 2.87. The molecule has 2 heterocycles. The van der Waals surface area contributed by atoms with E-state index in [4.69, 9.17) is 9.47 Å². The van der Waals surface area contributed by atoms with Crippen molar-refractivity contribution in [2.24, 2.45) is 5.92 Å². The van der Waals surface area contributed by atoms with Gasteiger partial charge >= 0.3 is 5.97 Å². The number of carbonyl (C=O) groups is 2. The number of hydrogen-bond acceptors (Lipinski definition) is 7. The number of hydrogen-bond donors (Lipinski definition) is 0. The summed E-state index contributed by atoms with van der Waals surface area (Å²) in [5.41, 5.74) is 0.127. The molecule has 1 atom stereocenters. The Hall–Kier alpha value is -2.16. The largest absolute Gasteiger partial charge is 0.480 e. The SMILES string of the molecule is COc1ncccc1C(=O)OCC(=O)N(CC(C)C)C1CCS(=O)(=O)C1. The Morgan fingerprint density at radius 2 is 2.12 bits per heavy atom. The van der Waals surface area contributed by atoms with Crippen molar-refractivity contribution in [1.29, 1.82) is 0 Å². The molecule has 0 saturated carbocycles. The van der Waals surface area contributed by atoms with Crippen molar-refractivity contribution >= 4 is 21.7 Å². The number of sulfone groups is 1. The smallest absolute Gasteiger partial charge is 0.344 e. The van der Waals surface area contributed by atoms with Crippen LogP contribution in [0, 0.1) is 5.92 Å². The lowest BCUT2D eigenvalue weighted by atomic mass is 10.1. The lowest BCUT2D eigenvalue weighted by molar-refractivity contribution is -0.137. The number of carbonyl (C=O) groups excluding carboxylic acids is 2. The first-order valence-electron chi connectivity index (χ1n) is 8.39. The molecule has 8 nitrogen and oxygen atoms in total. The maximum Gasteiger partial charge on any atom is 0.344 e. The van der Waals surface area contributed by atoms with E-state index in [1.807, 2.05) is 13.8 Å². The minimum absolute atomic E-state index is 0.0458. The number of amides is 1. The van der Waals surface area contributed by atoms with E-state index in [0.717, 1.165) is 0 Å². The summed E-state index contributed by atoms with van der Waals surface area (Å²) in [6, 6.07) is 2.69. The first-order chi connectivity index (χ1) is 12.2. The first-order valence-corrected chi connectivity index (χ1v) is 10.2. The van der Waals surface area contributed by atoms with E-state index in [9.17, 15) is 18.0 Å².